The molecule has 2 aromatic rings. The standard InChI is InChI=1S/C20H24N2O3/c1-5-19(23)22-18-12-16(9-8-14(18)3)21-20(24)15(4)25-17-10-6-13(2)7-11-17/h6-12,15H,5H2,1-4H3,(H,21,24)(H,22,23). The van der Waals surface area contributed by atoms with Crippen LogP contribution in [-0.2, 0) is 9.59 Å². The molecular weight excluding hydrogens is 316 g/mol. The van der Waals surface area contributed by atoms with Crippen LogP contribution in [0.4, 0.5) is 11.4 Å². The summed E-state index contributed by atoms with van der Waals surface area (Å²) in [6, 6.07) is 12.9. The van der Waals surface area contributed by atoms with E-state index < -0.39 is 6.10 Å². The summed E-state index contributed by atoms with van der Waals surface area (Å²) in [5.74, 6) is 0.327. The molecule has 5 nitrogen and oxygen atoms in total. The summed E-state index contributed by atoms with van der Waals surface area (Å²) in [6.07, 6.45) is -0.241. The molecule has 2 rings (SSSR count). The number of hydrogen-bond donors (Lipinski definition) is 2. The van der Waals surface area contributed by atoms with Crippen molar-refractivity contribution < 1.29 is 14.3 Å². The van der Waals surface area contributed by atoms with Gasteiger partial charge in [-0.05, 0) is 50.6 Å². The molecule has 5 heteroatoms. The fourth-order valence-corrected chi connectivity index (χ4v) is 2.19. The van der Waals surface area contributed by atoms with Gasteiger partial charge in [-0.2, -0.15) is 0 Å². The molecule has 2 N–H and O–H groups in total. The molecule has 132 valence electrons. The van der Waals surface area contributed by atoms with Gasteiger partial charge in [-0.3, -0.25) is 9.59 Å². The Balaban J connectivity index is 2.02. The lowest BCUT2D eigenvalue weighted by molar-refractivity contribution is -0.122. The number of rotatable bonds is 6. The van der Waals surface area contributed by atoms with Gasteiger partial charge in [-0.15, -0.1) is 0 Å². The van der Waals surface area contributed by atoms with E-state index in [2.05, 4.69) is 10.6 Å². The summed E-state index contributed by atoms with van der Waals surface area (Å²) >= 11 is 0. The number of nitrogens with one attached hydrogen (secondary N) is 2. The summed E-state index contributed by atoms with van der Waals surface area (Å²) in [6.45, 7) is 7.38. The molecule has 0 bridgehead atoms. The molecule has 0 aromatic heterocycles. The fraction of sp³-hybridized carbons (Fsp3) is 0.300. The van der Waals surface area contributed by atoms with Crippen LogP contribution in [0.15, 0.2) is 42.5 Å². The van der Waals surface area contributed by atoms with E-state index in [1.807, 2.05) is 44.2 Å². The van der Waals surface area contributed by atoms with Crippen LogP contribution in [0.25, 0.3) is 0 Å². The van der Waals surface area contributed by atoms with Crippen LogP contribution in [0.2, 0.25) is 0 Å². The van der Waals surface area contributed by atoms with E-state index in [1.54, 1.807) is 26.0 Å². The minimum atomic E-state index is -0.641. The predicted molar refractivity (Wildman–Crippen MR) is 100.0 cm³/mol. The molecule has 0 aliphatic carbocycles. The molecule has 1 atom stereocenters. The van der Waals surface area contributed by atoms with Crippen molar-refractivity contribution >= 4 is 23.2 Å². The maximum atomic E-state index is 12.3. The molecule has 2 aromatic carbocycles. The molecule has 2 amide bonds. The first-order valence-electron chi connectivity index (χ1n) is 8.33. The quantitative estimate of drug-likeness (QED) is 0.833. The highest BCUT2D eigenvalue weighted by molar-refractivity contribution is 5.96. The minimum Gasteiger partial charge on any atom is -0.481 e. The smallest absolute Gasteiger partial charge is 0.265 e. The average Bonchev–Trinajstić information content (AvgIpc) is 2.59. The van der Waals surface area contributed by atoms with Gasteiger partial charge < -0.3 is 15.4 Å². The van der Waals surface area contributed by atoms with Crippen molar-refractivity contribution in [3.05, 3.63) is 53.6 Å². The van der Waals surface area contributed by atoms with Gasteiger partial charge in [0.05, 0.1) is 0 Å². The second-order valence-corrected chi connectivity index (χ2v) is 5.99. The second-order valence-electron chi connectivity index (χ2n) is 5.99. The first-order valence-corrected chi connectivity index (χ1v) is 8.33. The van der Waals surface area contributed by atoms with Gasteiger partial charge in [0.1, 0.15) is 5.75 Å². The third-order valence-electron chi connectivity index (χ3n) is 3.80. The molecule has 0 saturated heterocycles. The molecule has 0 aliphatic heterocycles. The van der Waals surface area contributed by atoms with E-state index in [4.69, 9.17) is 4.74 Å². The van der Waals surface area contributed by atoms with Crippen LogP contribution < -0.4 is 15.4 Å². The van der Waals surface area contributed by atoms with Crippen molar-refractivity contribution in [3.8, 4) is 5.75 Å². The molecule has 25 heavy (non-hydrogen) atoms. The van der Waals surface area contributed by atoms with Gasteiger partial charge in [-0.25, -0.2) is 0 Å². The van der Waals surface area contributed by atoms with Crippen LogP contribution in [0.1, 0.15) is 31.4 Å². The molecule has 0 heterocycles. The molecular formula is C20H24N2O3. The van der Waals surface area contributed by atoms with Gasteiger partial charge in [0.15, 0.2) is 6.10 Å². The zero-order valence-corrected chi connectivity index (χ0v) is 15.1. The normalized spacial score (nSPS) is 11.5. The van der Waals surface area contributed by atoms with Crippen LogP contribution in [0.3, 0.4) is 0 Å². The Labute approximate surface area is 148 Å². The van der Waals surface area contributed by atoms with Gasteiger partial charge in [0.25, 0.3) is 5.91 Å². The van der Waals surface area contributed by atoms with Crippen LogP contribution in [0.5, 0.6) is 5.75 Å². The minimum absolute atomic E-state index is 0.0670. The van der Waals surface area contributed by atoms with Crippen molar-refractivity contribution in [2.24, 2.45) is 0 Å². The van der Waals surface area contributed by atoms with E-state index in [9.17, 15) is 9.59 Å². The summed E-state index contributed by atoms with van der Waals surface area (Å²) in [7, 11) is 0. The van der Waals surface area contributed by atoms with E-state index in [0.717, 1.165) is 11.1 Å². The van der Waals surface area contributed by atoms with Gasteiger partial charge >= 0.3 is 0 Å². The van der Waals surface area contributed by atoms with Crippen LogP contribution >= 0.6 is 0 Å². The lowest BCUT2D eigenvalue weighted by Gasteiger charge is -2.16. The molecule has 0 fully saturated rings. The Morgan fingerprint density at radius 2 is 1.72 bits per heavy atom. The van der Waals surface area contributed by atoms with Gasteiger partial charge in [0.2, 0.25) is 5.91 Å². The van der Waals surface area contributed by atoms with Crippen molar-refractivity contribution in [1.29, 1.82) is 0 Å². The number of carbonyl (C=O) groups is 2. The number of amides is 2. The zero-order valence-electron chi connectivity index (χ0n) is 15.1. The van der Waals surface area contributed by atoms with E-state index in [-0.39, 0.29) is 11.8 Å². The highest BCUT2D eigenvalue weighted by Crippen LogP contribution is 2.21. The third kappa shape index (κ3) is 5.35. The second kappa shape index (κ2) is 8.33. The Morgan fingerprint density at radius 1 is 1.04 bits per heavy atom. The Morgan fingerprint density at radius 3 is 2.36 bits per heavy atom. The molecule has 0 saturated carbocycles. The number of anilines is 2. The number of aryl methyl sites for hydroxylation is 2. The number of hydrogen-bond acceptors (Lipinski definition) is 3. The number of carbonyl (C=O) groups excluding carboxylic acids is 2. The van der Waals surface area contributed by atoms with Crippen molar-refractivity contribution in [2.45, 2.75) is 40.2 Å². The van der Waals surface area contributed by atoms with E-state index in [0.29, 0.717) is 23.5 Å². The number of ether oxygens (including phenoxy) is 1. The third-order valence-corrected chi connectivity index (χ3v) is 3.80. The Bertz CT molecular complexity index is 754. The maximum absolute atomic E-state index is 12.3. The average molecular weight is 340 g/mol. The lowest BCUT2D eigenvalue weighted by atomic mass is 10.1. The largest absolute Gasteiger partial charge is 0.481 e. The van der Waals surface area contributed by atoms with E-state index >= 15 is 0 Å². The first-order chi connectivity index (χ1) is 11.9. The molecule has 1 unspecified atom stereocenters. The number of benzene rings is 2. The van der Waals surface area contributed by atoms with Crippen LogP contribution in [-0.4, -0.2) is 17.9 Å². The summed E-state index contributed by atoms with van der Waals surface area (Å²) in [4.78, 5) is 23.9. The highest BCUT2D eigenvalue weighted by Gasteiger charge is 2.15. The summed E-state index contributed by atoms with van der Waals surface area (Å²) in [5, 5.41) is 5.64. The van der Waals surface area contributed by atoms with Crippen LogP contribution in [0, 0.1) is 13.8 Å². The molecule has 0 radical (unpaired) electrons. The first kappa shape index (κ1) is 18.5. The van der Waals surface area contributed by atoms with Gasteiger partial charge in [-0.1, -0.05) is 30.7 Å². The van der Waals surface area contributed by atoms with Crippen molar-refractivity contribution in [2.75, 3.05) is 10.6 Å². The van der Waals surface area contributed by atoms with Crippen molar-refractivity contribution in [3.63, 3.8) is 0 Å². The topological polar surface area (TPSA) is 67.4 Å². The summed E-state index contributed by atoms with van der Waals surface area (Å²) < 4.78 is 5.66. The molecule has 0 aliphatic rings. The summed E-state index contributed by atoms with van der Waals surface area (Å²) in [5.41, 5.74) is 3.37. The Kier molecular flexibility index (Phi) is 6.17. The van der Waals surface area contributed by atoms with E-state index in [1.165, 1.54) is 0 Å². The fourth-order valence-electron chi connectivity index (χ4n) is 2.19. The van der Waals surface area contributed by atoms with Crippen molar-refractivity contribution in [1.82, 2.24) is 0 Å². The highest BCUT2D eigenvalue weighted by atomic mass is 16.5. The Hall–Kier alpha value is -2.82. The maximum Gasteiger partial charge on any atom is 0.265 e. The monoisotopic (exact) mass is 340 g/mol. The van der Waals surface area contributed by atoms with Gasteiger partial charge in [0, 0.05) is 17.8 Å². The zero-order chi connectivity index (χ0) is 18.4. The molecule has 0 spiro atoms. The SMILES string of the molecule is CCC(=O)Nc1cc(NC(=O)C(C)Oc2ccc(C)cc2)ccc1C. The lowest BCUT2D eigenvalue weighted by Crippen LogP contribution is -2.30. The predicted octanol–water partition coefficient (Wildman–Crippen LogP) is 4.06.